The van der Waals surface area contributed by atoms with Gasteiger partial charge in [0.2, 0.25) is 0 Å². The van der Waals surface area contributed by atoms with Crippen molar-refractivity contribution in [1.82, 2.24) is 4.90 Å². The number of thiophene rings is 1. The minimum absolute atomic E-state index is 0.306. The molecule has 6 nitrogen and oxygen atoms in total. The summed E-state index contributed by atoms with van der Waals surface area (Å²) < 4.78 is 19.1. The van der Waals surface area contributed by atoms with Gasteiger partial charge < -0.3 is 19.8 Å². The zero-order valence-electron chi connectivity index (χ0n) is 15.1. The topological polar surface area (TPSA) is 87.1 Å². The first kappa shape index (κ1) is 19.0. The van der Waals surface area contributed by atoms with Gasteiger partial charge in [-0.15, -0.1) is 11.3 Å². The van der Waals surface area contributed by atoms with Crippen LogP contribution < -0.4 is 0 Å². The Morgan fingerprint density at radius 3 is 2.54 bits per heavy atom. The van der Waals surface area contributed by atoms with Crippen molar-refractivity contribution < 1.29 is 28.9 Å². The molecule has 2 N–H and O–H groups in total. The largest absolute Gasteiger partial charge is 0.477 e. The number of ether oxygens (including phenoxy) is 1. The number of benzene rings is 1. The van der Waals surface area contributed by atoms with Gasteiger partial charge in [-0.1, -0.05) is 12.1 Å². The first-order chi connectivity index (χ1) is 13.4. The number of aliphatic hydroxyl groups excluding tert-OH is 1. The molecule has 1 atom stereocenters. The number of carbonyl (C=O) groups excluding carboxylic acids is 1. The van der Waals surface area contributed by atoms with Gasteiger partial charge in [0, 0.05) is 24.4 Å². The molecule has 0 aliphatic carbocycles. The highest BCUT2D eigenvalue weighted by molar-refractivity contribution is 7.14. The predicted octanol–water partition coefficient (Wildman–Crippen LogP) is 2.71. The van der Waals surface area contributed by atoms with Crippen molar-refractivity contribution in [2.45, 2.75) is 31.0 Å². The molecule has 0 bridgehead atoms. The second-order valence-corrected chi connectivity index (χ2v) is 8.26. The molecule has 148 valence electrons. The molecule has 0 saturated carbocycles. The van der Waals surface area contributed by atoms with Gasteiger partial charge in [-0.05, 0) is 42.2 Å². The Morgan fingerprint density at radius 1 is 1.21 bits per heavy atom. The molecular weight excluding hydrogens is 385 g/mol. The summed E-state index contributed by atoms with van der Waals surface area (Å²) >= 11 is 1.29. The molecule has 28 heavy (non-hydrogen) atoms. The van der Waals surface area contributed by atoms with Crippen LogP contribution in [0.2, 0.25) is 0 Å². The van der Waals surface area contributed by atoms with Crippen LogP contribution in [0, 0.1) is 5.82 Å². The number of piperidine rings is 1. The number of halogens is 1. The molecule has 1 aromatic heterocycles. The molecule has 3 heterocycles. The molecule has 1 spiro atoms. The lowest BCUT2D eigenvalue weighted by Crippen LogP contribution is -2.49. The van der Waals surface area contributed by atoms with Gasteiger partial charge >= 0.3 is 5.97 Å². The van der Waals surface area contributed by atoms with Crippen LogP contribution in [-0.4, -0.2) is 46.7 Å². The Bertz CT molecular complexity index is 902. The number of aliphatic hydroxyl groups is 1. The standard InChI is InChI=1S/C20H20FNO5S/c21-13-3-1-12(2-4-13)17(23)18(24)22-8-6-20(7-9-22)14-11-16(19(25)26)28-15(14)5-10-27-20/h1-4,11,17,23H,5-10H2,(H,25,26). The Kier molecular flexibility index (Phi) is 4.95. The van der Waals surface area contributed by atoms with Crippen LogP contribution in [0.5, 0.6) is 0 Å². The Labute approximate surface area is 165 Å². The number of carbonyl (C=O) groups is 2. The molecule has 1 aromatic carbocycles. The first-order valence-electron chi connectivity index (χ1n) is 9.12. The maximum absolute atomic E-state index is 13.1. The number of rotatable bonds is 3. The third kappa shape index (κ3) is 3.32. The summed E-state index contributed by atoms with van der Waals surface area (Å²) in [6.07, 6.45) is 0.438. The van der Waals surface area contributed by atoms with Crippen LogP contribution in [0.4, 0.5) is 4.39 Å². The van der Waals surface area contributed by atoms with Crippen LogP contribution in [0.3, 0.4) is 0 Å². The van der Waals surface area contributed by atoms with E-state index in [1.165, 1.54) is 35.6 Å². The summed E-state index contributed by atoms with van der Waals surface area (Å²) in [5, 5.41) is 19.6. The number of hydrogen-bond acceptors (Lipinski definition) is 5. The van der Waals surface area contributed by atoms with Gasteiger partial charge in [0.1, 0.15) is 10.7 Å². The summed E-state index contributed by atoms with van der Waals surface area (Å²) in [5.41, 5.74) is 0.703. The van der Waals surface area contributed by atoms with Crippen LogP contribution in [0.15, 0.2) is 30.3 Å². The highest BCUT2D eigenvalue weighted by Gasteiger charge is 2.43. The van der Waals surface area contributed by atoms with E-state index < -0.39 is 29.4 Å². The van der Waals surface area contributed by atoms with E-state index in [2.05, 4.69) is 0 Å². The molecule has 1 fully saturated rings. The fourth-order valence-corrected chi connectivity index (χ4v) is 5.05. The molecule has 8 heteroatoms. The monoisotopic (exact) mass is 405 g/mol. The van der Waals surface area contributed by atoms with E-state index in [1.807, 2.05) is 0 Å². The average Bonchev–Trinajstić information content (AvgIpc) is 3.15. The fraction of sp³-hybridized carbons (Fsp3) is 0.400. The highest BCUT2D eigenvalue weighted by atomic mass is 32.1. The summed E-state index contributed by atoms with van der Waals surface area (Å²) in [6, 6.07) is 6.93. The molecule has 2 aromatic rings. The molecular formula is C20H20FNO5S. The number of fused-ring (bicyclic) bond motifs is 2. The van der Waals surface area contributed by atoms with Gasteiger partial charge in [-0.3, -0.25) is 4.79 Å². The molecule has 1 saturated heterocycles. The van der Waals surface area contributed by atoms with Crippen LogP contribution in [-0.2, 0) is 21.6 Å². The molecule has 1 amide bonds. The summed E-state index contributed by atoms with van der Waals surface area (Å²) in [7, 11) is 0. The van der Waals surface area contributed by atoms with E-state index in [9.17, 15) is 24.2 Å². The van der Waals surface area contributed by atoms with Crippen LogP contribution in [0.1, 0.15) is 44.6 Å². The number of amides is 1. The third-order valence-electron chi connectivity index (χ3n) is 5.52. The minimum Gasteiger partial charge on any atom is -0.477 e. The van der Waals surface area contributed by atoms with Crippen molar-refractivity contribution in [1.29, 1.82) is 0 Å². The molecule has 1 unspecified atom stereocenters. The zero-order valence-corrected chi connectivity index (χ0v) is 15.9. The summed E-state index contributed by atoms with van der Waals surface area (Å²) in [6.45, 7) is 1.32. The van der Waals surface area contributed by atoms with Gasteiger partial charge in [-0.2, -0.15) is 0 Å². The van der Waals surface area contributed by atoms with E-state index in [0.29, 0.717) is 49.4 Å². The molecule has 4 rings (SSSR count). The van der Waals surface area contributed by atoms with Crippen molar-refractivity contribution in [3.8, 4) is 0 Å². The number of nitrogens with zero attached hydrogens (tertiary/aromatic N) is 1. The van der Waals surface area contributed by atoms with Crippen molar-refractivity contribution >= 4 is 23.2 Å². The lowest BCUT2D eigenvalue weighted by atomic mass is 9.82. The van der Waals surface area contributed by atoms with E-state index >= 15 is 0 Å². The number of carboxylic acids is 1. The van der Waals surface area contributed by atoms with E-state index in [0.717, 1.165) is 10.4 Å². The van der Waals surface area contributed by atoms with Crippen molar-refractivity contribution in [3.05, 3.63) is 57.0 Å². The highest BCUT2D eigenvalue weighted by Crippen LogP contribution is 2.44. The maximum atomic E-state index is 13.1. The second kappa shape index (κ2) is 7.27. The number of likely N-dealkylation sites (tertiary alicyclic amines) is 1. The lowest BCUT2D eigenvalue weighted by Gasteiger charge is -2.44. The fourth-order valence-electron chi connectivity index (χ4n) is 3.98. The van der Waals surface area contributed by atoms with Gasteiger partial charge in [-0.25, -0.2) is 9.18 Å². The molecule has 2 aliphatic heterocycles. The van der Waals surface area contributed by atoms with Crippen molar-refractivity contribution in [2.75, 3.05) is 19.7 Å². The summed E-state index contributed by atoms with van der Waals surface area (Å²) in [5.74, 6) is -1.79. The van der Waals surface area contributed by atoms with Gasteiger partial charge in [0.25, 0.3) is 5.91 Å². The normalized spacial score (nSPS) is 19.3. The van der Waals surface area contributed by atoms with Crippen molar-refractivity contribution in [2.24, 2.45) is 0 Å². The van der Waals surface area contributed by atoms with Gasteiger partial charge in [0.05, 0.1) is 12.2 Å². The predicted molar refractivity (Wildman–Crippen MR) is 99.8 cm³/mol. The average molecular weight is 405 g/mol. The van der Waals surface area contributed by atoms with E-state index in [1.54, 1.807) is 11.0 Å². The lowest BCUT2D eigenvalue weighted by molar-refractivity contribution is -0.149. The van der Waals surface area contributed by atoms with Crippen LogP contribution in [0.25, 0.3) is 0 Å². The Hall–Kier alpha value is -2.29. The SMILES string of the molecule is O=C(O)c1cc2c(s1)CCOC21CCN(C(=O)C(O)c2ccc(F)cc2)CC1. The van der Waals surface area contributed by atoms with Gasteiger partial charge in [0.15, 0.2) is 6.10 Å². The first-order valence-corrected chi connectivity index (χ1v) is 9.94. The minimum atomic E-state index is -1.34. The van der Waals surface area contributed by atoms with Crippen molar-refractivity contribution in [3.63, 3.8) is 0 Å². The second-order valence-electron chi connectivity index (χ2n) is 7.12. The maximum Gasteiger partial charge on any atom is 0.345 e. The number of carboxylic acid groups (broad SMARTS) is 1. The number of hydrogen-bond donors (Lipinski definition) is 2. The summed E-state index contributed by atoms with van der Waals surface area (Å²) in [4.78, 5) is 26.9. The smallest absolute Gasteiger partial charge is 0.345 e. The van der Waals surface area contributed by atoms with E-state index in [-0.39, 0.29) is 0 Å². The van der Waals surface area contributed by atoms with Crippen LogP contribution >= 0.6 is 11.3 Å². The molecule has 0 radical (unpaired) electrons. The molecule has 2 aliphatic rings. The quantitative estimate of drug-likeness (QED) is 0.820. The Balaban J connectivity index is 1.48. The number of aromatic carboxylic acids is 1. The zero-order chi connectivity index (χ0) is 19.9. The Morgan fingerprint density at radius 2 is 1.89 bits per heavy atom. The third-order valence-corrected chi connectivity index (χ3v) is 6.70. The van der Waals surface area contributed by atoms with E-state index in [4.69, 9.17) is 4.74 Å².